The van der Waals surface area contributed by atoms with Crippen LogP contribution >= 0.6 is 23.2 Å². The van der Waals surface area contributed by atoms with E-state index >= 15 is 0 Å². The second-order valence-corrected chi connectivity index (χ2v) is 9.72. The van der Waals surface area contributed by atoms with Crippen molar-refractivity contribution in [1.29, 1.82) is 0 Å². The van der Waals surface area contributed by atoms with Crippen LogP contribution in [0.3, 0.4) is 0 Å². The standard InChI is InChI=1S/C26H28Cl2N4O/c1-31-12-9-26(10-13-31,21-7-5-19(6-8-21)20-4-3-11-29-17-20)18-32(2)25(33)30-24-15-22(27)14-23(28)16-24/h3-8,11,14-17H,9-10,12-13,18H2,1-2H3,(H,30,33). The highest BCUT2D eigenvalue weighted by Crippen LogP contribution is 2.37. The minimum Gasteiger partial charge on any atom is -0.327 e. The molecular formula is C26H28Cl2N4O. The Labute approximate surface area is 205 Å². The number of carbonyl (C=O) groups is 1. The van der Waals surface area contributed by atoms with Gasteiger partial charge in [0.25, 0.3) is 0 Å². The van der Waals surface area contributed by atoms with E-state index < -0.39 is 0 Å². The molecule has 0 atom stereocenters. The average molecular weight is 483 g/mol. The number of aromatic nitrogens is 1. The molecule has 172 valence electrons. The largest absolute Gasteiger partial charge is 0.327 e. The predicted molar refractivity (Wildman–Crippen MR) is 136 cm³/mol. The molecule has 2 heterocycles. The smallest absolute Gasteiger partial charge is 0.321 e. The lowest BCUT2D eigenvalue weighted by atomic mass is 9.72. The highest BCUT2D eigenvalue weighted by Gasteiger charge is 2.37. The van der Waals surface area contributed by atoms with Crippen LogP contribution in [0.25, 0.3) is 11.1 Å². The fourth-order valence-electron chi connectivity index (χ4n) is 4.51. The second kappa shape index (κ2) is 10.1. The number of carbonyl (C=O) groups excluding carboxylic acids is 1. The highest BCUT2D eigenvalue weighted by molar-refractivity contribution is 6.35. The Morgan fingerprint density at radius 1 is 1.06 bits per heavy atom. The van der Waals surface area contributed by atoms with Crippen LogP contribution in [-0.4, -0.2) is 54.5 Å². The molecule has 0 radical (unpaired) electrons. The number of urea groups is 1. The zero-order valence-electron chi connectivity index (χ0n) is 18.9. The maximum absolute atomic E-state index is 13.0. The first-order chi connectivity index (χ1) is 15.8. The molecule has 1 aliphatic rings. The van der Waals surface area contributed by atoms with Gasteiger partial charge in [-0.2, -0.15) is 0 Å². The quantitative estimate of drug-likeness (QED) is 0.471. The summed E-state index contributed by atoms with van der Waals surface area (Å²) < 4.78 is 0. The molecule has 1 aromatic heterocycles. The van der Waals surface area contributed by atoms with Crippen LogP contribution in [0.15, 0.2) is 67.0 Å². The molecular weight excluding hydrogens is 455 g/mol. The molecule has 2 aromatic carbocycles. The van der Waals surface area contributed by atoms with Gasteiger partial charge in [0.05, 0.1) is 0 Å². The Bertz CT molecular complexity index is 1080. The minimum atomic E-state index is -0.182. The molecule has 0 bridgehead atoms. The van der Waals surface area contributed by atoms with Crippen LogP contribution in [0.1, 0.15) is 18.4 Å². The zero-order valence-corrected chi connectivity index (χ0v) is 20.4. The lowest BCUT2D eigenvalue weighted by Gasteiger charge is -2.43. The van der Waals surface area contributed by atoms with Crippen LogP contribution in [0, 0.1) is 0 Å². The summed E-state index contributed by atoms with van der Waals surface area (Å²) in [5.41, 5.74) is 3.96. The summed E-state index contributed by atoms with van der Waals surface area (Å²) >= 11 is 12.2. The predicted octanol–water partition coefficient (Wildman–Crippen LogP) is 6.18. The van der Waals surface area contributed by atoms with Crippen molar-refractivity contribution >= 4 is 34.9 Å². The van der Waals surface area contributed by atoms with Gasteiger partial charge in [-0.3, -0.25) is 4.98 Å². The van der Waals surface area contributed by atoms with Gasteiger partial charge in [-0.15, -0.1) is 0 Å². The topological polar surface area (TPSA) is 48.5 Å². The lowest BCUT2D eigenvalue weighted by Crippen LogP contribution is -2.49. The van der Waals surface area contributed by atoms with Crippen molar-refractivity contribution in [2.45, 2.75) is 18.3 Å². The molecule has 7 heteroatoms. The van der Waals surface area contributed by atoms with Crippen molar-refractivity contribution in [2.75, 3.05) is 39.0 Å². The van der Waals surface area contributed by atoms with Crippen molar-refractivity contribution in [3.63, 3.8) is 0 Å². The number of piperidine rings is 1. The first kappa shape index (κ1) is 23.6. The third-order valence-corrected chi connectivity index (χ3v) is 6.87. The lowest BCUT2D eigenvalue weighted by molar-refractivity contribution is 0.150. The SMILES string of the molecule is CN1CCC(CN(C)C(=O)Nc2cc(Cl)cc(Cl)c2)(c2ccc(-c3cccnc3)cc2)CC1. The van der Waals surface area contributed by atoms with Gasteiger partial charge in [0.15, 0.2) is 0 Å². The normalized spacial score (nSPS) is 15.8. The molecule has 0 spiro atoms. The first-order valence-corrected chi connectivity index (χ1v) is 11.8. The van der Waals surface area contributed by atoms with Gasteiger partial charge in [0.1, 0.15) is 0 Å². The van der Waals surface area contributed by atoms with Crippen LogP contribution < -0.4 is 5.32 Å². The van der Waals surface area contributed by atoms with Gasteiger partial charge >= 0.3 is 6.03 Å². The number of halogens is 2. The summed E-state index contributed by atoms with van der Waals surface area (Å²) in [6.45, 7) is 2.60. The van der Waals surface area contributed by atoms with Crippen molar-refractivity contribution in [3.05, 3.63) is 82.6 Å². The molecule has 5 nitrogen and oxygen atoms in total. The van der Waals surface area contributed by atoms with E-state index in [1.807, 2.05) is 19.3 Å². The first-order valence-electron chi connectivity index (χ1n) is 11.0. The zero-order chi connectivity index (χ0) is 23.4. The summed E-state index contributed by atoms with van der Waals surface area (Å²) in [6, 6.07) is 17.6. The summed E-state index contributed by atoms with van der Waals surface area (Å²) in [5.74, 6) is 0. The van der Waals surface area contributed by atoms with E-state index in [1.165, 1.54) is 5.56 Å². The molecule has 33 heavy (non-hydrogen) atoms. The molecule has 3 aromatic rings. The van der Waals surface area contributed by atoms with Crippen molar-refractivity contribution < 1.29 is 4.79 Å². The molecule has 1 N–H and O–H groups in total. The van der Waals surface area contributed by atoms with Gasteiger partial charge < -0.3 is 15.1 Å². The number of hydrogen-bond donors (Lipinski definition) is 1. The third kappa shape index (κ3) is 5.67. The fourth-order valence-corrected chi connectivity index (χ4v) is 5.03. The maximum atomic E-state index is 13.0. The minimum absolute atomic E-state index is 0.113. The van der Waals surface area contributed by atoms with E-state index in [1.54, 1.807) is 29.3 Å². The molecule has 1 aliphatic heterocycles. The molecule has 0 unspecified atom stereocenters. The van der Waals surface area contributed by atoms with Gasteiger partial charge in [0.2, 0.25) is 0 Å². The fraction of sp³-hybridized carbons (Fsp3) is 0.308. The molecule has 1 fully saturated rings. The number of likely N-dealkylation sites (tertiary alicyclic amines) is 1. The number of nitrogens with one attached hydrogen (secondary N) is 1. The van der Waals surface area contributed by atoms with E-state index in [2.05, 4.69) is 52.6 Å². The Hall–Kier alpha value is -2.60. The molecule has 1 saturated heterocycles. The van der Waals surface area contributed by atoms with Gasteiger partial charge in [-0.25, -0.2) is 4.79 Å². The molecule has 0 saturated carbocycles. The number of anilines is 1. The number of likely N-dealkylation sites (N-methyl/N-ethyl adjacent to an activating group) is 1. The van der Waals surface area contributed by atoms with Crippen LogP contribution in [0.2, 0.25) is 10.0 Å². The molecule has 2 amide bonds. The van der Waals surface area contributed by atoms with E-state index in [9.17, 15) is 4.79 Å². The van der Waals surface area contributed by atoms with E-state index in [0.717, 1.165) is 37.1 Å². The number of amides is 2. The van der Waals surface area contributed by atoms with E-state index in [4.69, 9.17) is 23.2 Å². The Morgan fingerprint density at radius 3 is 2.33 bits per heavy atom. The van der Waals surface area contributed by atoms with Crippen LogP contribution in [0.4, 0.5) is 10.5 Å². The summed E-state index contributed by atoms with van der Waals surface area (Å²) in [6.07, 6.45) is 5.62. The van der Waals surface area contributed by atoms with Gasteiger partial charge in [-0.1, -0.05) is 53.5 Å². The van der Waals surface area contributed by atoms with Crippen LogP contribution in [0.5, 0.6) is 0 Å². The Balaban J connectivity index is 1.54. The summed E-state index contributed by atoms with van der Waals surface area (Å²) in [5, 5.41) is 3.90. The number of nitrogens with zero attached hydrogens (tertiary/aromatic N) is 3. The monoisotopic (exact) mass is 482 g/mol. The number of rotatable bonds is 5. The molecule has 4 rings (SSSR count). The highest BCUT2D eigenvalue weighted by atomic mass is 35.5. The van der Waals surface area contributed by atoms with Gasteiger partial charge in [-0.05, 0) is 73.9 Å². The van der Waals surface area contributed by atoms with E-state index in [-0.39, 0.29) is 11.4 Å². The average Bonchev–Trinajstić information content (AvgIpc) is 2.81. The van der Waals surface area contributed by atoms with Crippen molar-refractivity contribution in [1.82, 2.24) is 14.8 Å². The van der Waals surface area contributed by atoms with E-state index in [0.29, 0.717) is 22.3 Å². The maximum Gasteiger partial charge on any atom is 0.321 e. The summed E-state index contributed by atoms with van der Waals surface area (Å²) in [4.78, 5) is 21.3. The Kier molecular flexibility index (Phi) is 7.23. The van der Waals surface area contributed by atoms with Crippen molar-refractivity contribution in [2.24, 2.45) is 0 Å². The second-order valence-electron chi connectivity index (χ2n) is 8.85. The number of hydrogen-bond acceptors (Lipinski definition) is 3. The molecule has 0 aliphatic carbocycles. The third-order valence-electron chi connectivity index (χ3n) is 6.44. The summed E-state index contributed by atoms with van der Waals surface area (Å²) in [7, 11) is 3.99. The Morgan fingerprint density at radius 2 is 1.73 bits per heavy atom. The van der Waals surface area contributed by atoms with Crippen molar-refractivity contribution in [3.8, 4) is 11.1 Å². The van der Waals surface area contributed by atoms with Gasteiger partial charge in [0, 0.05) is 47.1 Å². The number of pyridine rings is 1. The van der Waals surface area contributed by atoms with Crippen LogP contribution in [-0.2, 0) is 5.41 Å². The number of benzene rings is 2.